The van der Waals surface area contributed by atoms with Crippen LogP contribution in [0.2, 0.25) is 5.02 Å². The van der Waals surface area contributed by atoms with Crippen molar-refractivity contribution in [1.82, 2.24) is 0 Å². The number of carbonyl (C=O) groups is 2. The SMILES string of the molecule is Cc1cccc(NC(=O)[C@@H](C)OC(=O)c2cc([N+](=O)[O-])ccc2Cl)c1C. The lowest BCUT2D eigenvalue weighted by Crippen LogP contribution is -2.30. The number of hydrogen-bond donors (Lipinski definition) is 1. The molecule has 0 aliphatic rings. The number of carbonyl (C=O) groups excluding carboxylic acids is 2. The second-order valence-electron chi connectivity index (χ2n) is 5.71. The van der Waals surface area contributed by atoms with Gasteiger partial charge in [-0.15, -0.1) is 0 Å². The highest BCUT2D eigenvalue weighted by Gasteiger charge is 2.23. The molecule has 0 aromatic heterocycles. The van der Waals surface area contributed by atoms with E-state index < -0.39 is 22.9 Å². The summed E-state index contributed by atoms with van der Waals surface area (Å²) in [4.78, 5) is 34.7. The molecule has 8 heteroatoms. The molecule has 0 heterocycles. The van der Waals surface area contributed by atoms with E-state index in [9.17, 15) is 19.7 Å². The molecule has 2 rings (SSSR count). The smallest absolute Gasteiger partial charge is 0.340 e. The van der Waals surface area contributed by atoms with Gasteiger partial charge in [0.2, 0.25) is 0 Å². The predicted octanol–water partition coefficient (Wildman–Crippen LogP) is 4.05. The van der Waals surface area contributed by atoms with E-state index in [0.717, 1.165) is 17.2 Å². The summed E-state index contributed by atoms with van der Waals surface area (Å²) in [5.74, 6) is -1.43. The number of non-ortho nitro benzene ring substituents is 1. The van der Waals surface area contributed by atoms with Gasteiger partial charge in [-0.2, -0.15) is 0 Å². The van der Waals surface area contributed by atoms with Gasteiger partial charge in [-0.25, -0.2) is 4.79 Å². The number of nitrogens with zero attached hydrogens (tertiary/aromatic N) is 1. The van der Waals surface area contributed by atoms with E-state index in [-0.39, 0.29) is 16.3 Å². The molecule has 2 aromatic carbocycles. The highest BCUT2D eigenvalue weighted by molar-refractivity contribution is 6.33. The average molecular weight is 377 g/mol. The largest absolute Gasteiger partial charge is 0.449 e. The number of hydrogen-bond acceptors (Lipinski definition) is 5. The maximum absolute atomic E-state index is 12.3. The van der Waals surface area contributed by atoms with Crippen LogP contribution in [0.15, 0.2) is 36.4 Å². The Hall–Kier alpha value is -2.93. The number of halogens is 1. The van der Waals surface area contributed by atoms with Crippen LogP contribution in [0.5, 0.6) is 0 Å². The van der Waals surface area contributed by atoms with E-state index in [1.165, 1.54) is 19.1 Å². The van der Waals surface area contributed by atoms with Gasteiger partial charge in [0.25, 0.3) is 11.6 Å². The Kier molecular flexibility index (Phi) is 5.94. The Labute approximate surface area is 155 Å². The highest BCUT2D eigenvalue weighted by atomic mass is 35.5. The molecule has 0 aliphatic heterocycles. The molecule has 1 N–H and O–H groups in total. The molecule has 26 heavy (non-hydrogen) atoms. The topological polar surface area (TPSA) is 98.5 Å². The summed E-state index contributed by atoms with van der Waals surface area (Å²) in [6.45, 7) is 5.19. The number of nitro benzene ring substituents is 1. The first-order chi connectivity index (χ1) is 12.2. The summed E-state index contributed by atoms with van der Waals surface area (Å²) in [6, 6.07) is 8.88. The predicted molar refractivity (Wildman–Crippen MR) is 97.5 cm³/mol. The summed E-state index contributed by atoms with van der Waals surface area (Å²) in [6.07, 6.45) is -1.11. The maximum Gasteiger partial charge on any atom is 0.340 e. The van der Waals surface area contributed by atoms with Gasteiger partial charge >= 0.3 is 5.97 Å². The molecule has 0 saturated carbocycles. The monoisotopic (exact) mass is 376 g/mol. The van der Waals surface area contributed by atoms with Gasteiger partial charge in [0.15, 0.2) is 6.10 Å². The van der Waals surface area contributed by atoms with E-state index in [1.54, 1.807) is 12.1 Å². The quantitative estimate of drug-likeness (QED) is 0.482. The number of amides is 1. The van der Waals surface area contributed by atoms with Crippen LogP contribution in [0.1, 0.15) is 28.4 Å². The second kappa shape index (κ2) is 7.97. The van der Waals surface area contributed by atoms with Crippen molar-refractivity contribution >= 4 is 34.9 Å². The third-order valence-corrected chi connectivity index (χ3v) is 4.23. The third-order valence-electron chi connectivity index (χ3n) is 3.90. The van der Waals surface area contributed by atoms with Crippen molar-refractivity contribution in [3.8, 4) is 0 Å². The van der Waals surface area contributed by atoms with Gasteiger partial charge < -0.3 is 10.1 Å². The first kappa shape index (κ1) is 19.4. The molecule has 7 nitrogen and oxygen atoms in total. The molecule has 1 amide bonds. The van der Waals surface area contributed by atoms with Gasteiger partial charge in [-0.1, -0.05) is 23.7 Å². The number of rotatable bonds is 5. The highest BCUT2D eigenvalue weighted by Crippen LogP contribution is 2.23. The third kappa shape index (κ3) is 4.37. The Morgan fingerprint density at radius 2 is 1.92 bits per heavy atom. The van der Waals surface area contributed by atoms with Crippen LogP contribution in [0, 0.1) is 24.0 Å². The zero-order chi connectivity index (χ0) is 19.4. The molecule has 0 spiro atoms. The van der Waals surface area contributed by atoms with Crippen LogP contribution < -0.4 is 5.32 Å². The first-order valence-electron chi connectivity index (χ1n) is 7.72. The van der Waals surface area contributed by atoms with E-state index in [2.05, 4.69) is 5.32 Å². The van der Waals surface area contributed by atoms with Crippen molar-refractivity contribution in [2.75, 3.05) is 5.32 Å². The summed E-state index contributed by atoms with van der Waals surface area (Å²) in [5, 5.41) is 13.5. The number of nitrogens with one attached hydrogen (secondary N) is 1. The van der Waals surface area contributed by atoms with E-state index in [4.69, 9.17) is 16.3 Å². The Morgan fingerprint density at radius 3 is 2.58 bits per heavy atom. The fourth-order valence-corrected chi connectivity index (χ4v) is 2.38. The van der Waals surface area contributed by atoms with Gasteiger partial charge in [0, 0.05) is 17.8 Å². The van der Waals surface area contributed by atoms with Crippen molar-refractivity contribution in [2.45, 2.75) is 26.9 Å². The van der Waals surface area contributed by atoms with Crippen LogP contribution in [0.3, 0.4) is 0 Å². The lowest BCUT2D eigenvalue weighted by Gasteiger charge is -2.15. The number of benzene rings is 2. The maximum atomic E-state index is 12.3. The minimum absolute atomic E-state index is 0.00253. The van der Waals surface area contributed by atoms with Crippen LogP contribution in [-0.4, -0.2) is 22.9 Å². The van der Waals surface area contributed by atoms with Crippen molar-refractivity contribution < 1.29 is 19.2 Å². The Bertz CT molecular complexity index is 882. The molecule has 0 aliphatic carbocycles. The van der Waals surface area contributed by atoms with Gasteiger partial charge in [0.1, 0.15) is 0 Å². The zero-order valence-electron chi connectivity index (χ0n) is 14.4. The standard InChI is InChI=1S/C18H17ClN2O5/c1-10-5-4-6-16(11(10)2)20-17(22)12(3)26-18(23)14-9-13(21(24)25)7-8-15(14)19/h4-9,12H,1-3H3,(H,20,22)/t12-/m1/s1. The first-order valence-corrected chi connectivity index (χ1v) is 8.10. The number of anilines is 1. The Balaban J connectivity index is 2.11. The van der Waals surface area contributed by atoms with Crippen molar-refractivity contribution in [3.63, 3.8) is 0 Å². The van der Waals surface area contributed by atoms with Gasteiger partial charge in [0.05, 0.1) is 15.5 Å². The number of aryl methyl sites for hydroxylation is 1. The molecule has 0 saturated heterocycles. The van der Waals surface area contributed by atoms with Gasteiger partial charge in [-0.3, -0.25) is 14.9 Å². The van der Waals surface area contributed by atoms with Crippen LogP contribution in [-0.2, 0) is 9.53 Å². The molecule has 136 valence electrons. The van der Waals surface area contributed by atoms with E-state index in [0.29, 0.717) is 5.69 Å². The van der Waals surface area contributed by atoms with Crippen LogP contribution >= 0.6 is 11.6 Å². The fraction of sp³-hybridized carbons (Fsp3) is 0.222. The molecule has 0 radical (unpaired) electrons. The van der Waals surface area contributed by atoms with Gasteiger partial charge in [-0.05, 0) is 44.0 Å². The van der Waals surface area contributed by atoms with Crippen molar-refractivity contribution in [2.24, 2.45) is 0 Å². The number of esters is 1. The van der Waals surface area contributed by atoms with Crippen molar-refractivity contribution in [3.05, 3.63) is 68.2 Å². The summed E-state index contributed by atoms with van der Waals surface area (Å²) >= 11 is 5.90. The van der Waals surface area contributed by atoms with E-state index >= 15 is 0 Å². The molecular weight excluding hydrogens is 360 g/mol. The molecule has 0 fully saturated rings. The zero-order valence-corrected chi connectivity index (χ0v) is 15.2. The summed E-state index contributed by atoms with van der Waals surface area (Å²) < 4.78 is 5.10. The fourth-order valence-electron chi connectivity index (χ4n) is 2.18. The molecular formula is C18H17ClN2O5. The molecule has 2 aromatic rings. The normalized spacial score (nSPS) is 11.5. The number of ether oxygens (including phenoxy) is 1. The average Bonchev–Trinajstić information content (AvgIpc) is 2.58. The van der Waals surface area contributed by atoms with E-state index in [1.807, 2.05) is 19.9 Å². The summed E-state index contributed by atoms with van der Waals surface area (Å²) in [5.41, 5.74) is 2.06. The summed E-state index contributed by atoms with van der Waals surface area (Å²) in [7, 11) is 0. The lowest BCUT2D eigenvalue weighted by molar-refractivity contribution is -0.384. The molecule has 1 atom stereocenters. The van der Waals surface area contributed by atoms with Crippen LogP contribution in [0.4, 0.5) is 11.4 Å². The minimum atomic E-state index is -1.11. The number of nitro groups is 1. The lowest BCUT2D eigenvalue weighted by atomic mass is 10.1. The minimum Gasteiger partial charge on any atom is -0.449 e. The molecule has 0 bridgehead atoms. The van der Waals surface area contributed by atoms with Crippen LogP contribution in [0.25, 0.3) is 0 Å². The van der Waals surface area contributed by atoms with Crippen molar-refractivity contribution in [1.29, 1.82) is 0 Å². The molecule has 0 unspecified atom stereocenters. The second-order valence-corrected chi connectivity index (χ2v) is 6.11. The Morgan fingerprint density at radius 1 is 1.23 bits per heavy atom.